The van der Waals surface area contributed by atoms with Crippen molar-refractivity contribution < 1.29 is 9.47 Å². The predicted octanol–water partition coefficient (Wildman–Crippen LogP) is 0.994. The third-order valence-electron chi connectivity index (χ3n) is 4.05. The largest absolute Gasteiger partial charge is 0.385 e. The quantitative estimate of drug-likeness (QED) is 0.676. The van der Waals surface area contributed by atoms with Gasteiger partial charge in [0.1, 0.15) is 0 Å². The second kappa shape index (κ2) is 6.69. The van der Waals surface area contributed by atoms with Crippen molar-refractivity contribution in [2.45, 2.75) is 50.2 Å². The van der Waals surface area contributed by atoms with Gasteiger partial charge < -0.3 is 15.2 Å². The van der Waals surface area contributed by atoms with E-state index in [9.17, 15) is 0 Å². The molecule has 4 heteroatoms. The van der Waals surface area contributed by atoms with Crippen molar-refractivity contribution in [1.29, 1.82) is 0 Å². The summed E-state index contributed by atoms with van der Waals surface area (Å²) in [6, 6.07) is 1.89. The molecule has 100 valence electrons. The van der Waals surface area contributed by atoms with Crippen LogP contribution in [0.4, 0.5) is 0 Å². The van der Waals surface area contributed by atoms with E-state index in [1.165, 1.54) is 25.7 Å². The van der Waals surface area contributed by atoms with Crippen LogP contribution in [0.2, 0.25) is 0 Å². The Hall–Kier alpha value is -0.160. The maximum atomic E-state index is 6.06. The van der Waals surface area contributed by atoms with Gasteiger partial charge in [0, 0.05) is 45.0 Å². The lowest BCUT2D eigenvalue weighted by molar-refractivity contribution is 0.0543. The summed E-state index contributed by atoms with van der Waals surface area (Å²) in [6.45, 7) is 3.54. The van der Waals surface area contributed by atoms with Gasteiger partial charge in [-0.05, 0) is 32.1 Å². The molecule has 2 aliphatic heterocycles. The topological polar surface area (TPSA) is 47.7 Å². The van der Waals surface area contributed by atoms with Crippen molar-refractivity contribution in [3.63, 3.8) is 0 Å². The smallest absolute Gasteiger partial charge is 0.0593 e. The van der Waals surface area contributed by atoms with E-state index in [2.05, 4.69) is 4.90 Å². The first-order valence-electron chi connectivity index (χ1n) is 6.89. The lowest BCUT2D eigenvalue weighted by atomic mass is 9.98. The van der Waals surface area contributed by atoms with E-state index in [0.717, 1.165) is 44.9 Å². The SMILES string of the molecule is COCCCOCCN1C2CCC1CC(N)C2. The second-order valence-electron chi connectivity index (χ2n) is 5.31. The van der Waals surface area contributed by atoms with Crippen LogP contribution in [0.15, 0.2) is 0 Å². The van der Waals surface area contributed by atoms with Crippen LogP contribution in [-0.4, -0.2) is 56.5 Å². The summed E-state index contributed by atoms with van der Waals surface area (Å²) in [5.41, 5.74) is 6.06. The number of nitrogens with zero attached hydrogens (tertiary/aromatic N) is 1. The van der Waals surface area contributed by atoms with E-state index >= 15 is 0 Å². The van der Waals surface area contributed by atoms with E-state index in [-0.39, 0.29) is 0 Å². The molecule has 2 aliphatic rings. The molecule has 2 fully saturated rings. The molecule has 0 saturated carbocycles. The molecule has 2 atom stereocenters. The summed E-state index contributed by atoms with van der Waals surface area (Å²) in [6.07, 6.45) is 6.03. The van der Waals surface area contributed by atoms with Gasteiger partial charge >= 0.3 is 0 Å². The van der Waals surface area contributed by atoms with Gasteiger partial charge in [0.25, 0.3) is 0 Å². The summed E-state index contributed by atoms with van der Waals surface area (Å²) in [4.78, 5) is 2.62. The molecular weight excluding hydrogens is 216 g/mol. The van der Waals surface area contributed by atoms with Crippen molar-refractivity contribution in [3.05, 3.63) is 0 Å². The van der Waals surface area contributed by atoms with Gasteiger partial charge in [-0.15, -0.1) is 0 Å². The van der Waals surface area contributed by atoms with Crippen molar-refractivity contribution in [1.82, 2.24) is 4.90 Å². The average molecular weight is 242 g/mol. The Labute approximate surface area is 104 Å². The maximum Gasteiger partial charge on any atom is 0.0593 e. The fourth-order valence-electron chi connectivity index (χ4n) is 3.26. The van der Waals surface area contributed by atoms with Gasteiger partial charge in [0.15, 0.2) is 0 Å². The van der Waals surface area contributed by atoms with Gasteiger partial charge in [0.05, 0.1) is 6.61 Å². The standard InChI is InChI=1S/C13H26N2O2/c1-16-6-2-7-17-8-5-15-12-3-4-13(15)10-11(14)9-12/h11-13H,2-10,14H2,1H3. The molecular formula is C13H26N2O2. The molecule has 2 heterocycles. The van der Waals surface area contributed by atoms with Gasteiger partial charge in [-0.3, -0.25) is 4.90 Å². The van der Waals surface area contributed by atoms with Gasteiger partial charge in [-0.25, -0.2) is 0 Å². The van der Waals surface area contributed by atoms with E-state index < -0.39 is 0 Å². The van der Waals surface area contributed by atoms with Crippen molar-refractivity contribution in [3.8, 4) is 0 Å². The van der Waals surface area contributed by atoms with Gasteiger partial charge in [0.2, 0.25) is 0 Å². The summed E-state index contributed by atoms with van der Waals surface area (Å²) in [5.74, 6) is 0. The highest BCUT2D eigenvalue weighted by molar-refractivity contribution is 4.96. The minimum absolute atomic E-state index is 0.436. The Balaban J connectivity index is 1.60. The van der Waals surface area contributed by atoms with Crippen LogP contribution in [0.25, 0.3) is 0 Å². The first kappa shape index (κ1) is 13.3. The molecule has 0 spiro atoms. The minimum Gasteiger partial charge on any atom is -0.385 e. The van der Waals surface area contributed by atoms with E-state index in [0.29, 0.717) is 6.04 Å². The van der Waals surface area contributed by atoms with Crippen molar-refractivity contribution in [2.24, 2.45) is 5.73 Å². The molecule has 0 amide bonds. The monoisotopic (exact) mass is 242 g/mol. The van der Waals surface area contributed by atoms with Crippen LogP contribution >= 0.6 is 0 Å². The Morgan fingerprint density at radius 3 is 2.47 bits per heavy atom. The maximum absolute atomic E-state index is 6.06. The van der Waals surface area contributed by atoms with Crippen LogP contribution in [0.5, 0.6) is 0 Å². The van der Waals surface area contributed by atoms with Crippen molar-refractivity contribution >= 4 is 0 Å². The third kappa shape index (κ3) is 3.65. The number of rotatable bonds is 7. The number of ether oxygens (including phenoxy) is 2. The normalized spacial score (nSPS) is 33.2. The Morgan fingerprint density at radius 1 is 1.12 bits per heavy atom. The molecule has 2 N–H and O–H groups in total. The van der Waals surface area contributed by atoms with Crippen LogP contribution < -0.4 is 5.73 Å². The fourth-order valence-corrected chi connectivity index (χ4v) is 3.26. The van der Waals surface area contributed by atoms with Gasteiger partial charge in [-0.2, -0.15) is 0 Å². The zero-order valence-electron chi connectivity index (χ0n) is 10.9. The number of nitrogens with two attached hydrogens (primary N) is 1. The van der Waals surface area contributed by atoms with E-state index in [1.54, 1.807) is 7.11 Å². The Bertz CT molecular complexity index is 211. The number of piperidine rings is 1. The number of hydrogen-bond acceptors (Lipinski definition) is 4. The minimum atomic E-state index is 0.436. The van der Waals surface area contributed by atoms with Crippen LogP contribution in [0.1, 0.15) is 32.1 Å². The highest BCUT2D eigenvalue weighted by Gasteiger charge is 2.38. The lowest BCUT2D eigenvalue weighted by Gasteiger charge is -2.37. The lowest BCUT2D eigenvalue weighted by Crippen LogP contribution is -2.48. The fraction of sp³-hybridized carbons (Fsp3) is 1.00. The highest BCUT2D eigenvalue weighted by atomic mass is 16.5. The average Bonchev–Trinajstić information content (AvgIpc) is 2.56. The molecule has 0 radical (unpaired) electrons. The van der Waals surface area contributed by atoms with Crippen LogP contribution in [0.3, 0.4) is 0 Å². The Kier molecular flexibility index (Phi) is 5.22. The highest BCUT2D eigenvalue weighted by Crippen LogP contribution is 2.34. The van der Waals surface area contributed by atoms with Gasteiger partial charge in [-0.1, -0.05) is 0 Å². The molecule has 2 rings (SSSR count). The second-order valence-corrected chi connectivity index (χ2v) is 5.31. The third-order valence-corrected chi connectivity index (χ3v) is 4.05. The number of hydrogen-bond donors (Lipinski definition) is 1. The number of fused-ring (bicyclic) bond motifs is 2. The van der Waals surface area contributed by atoms with E-state index in [4.69, 9.17) is 15.2 Å². The molecule has 0 aromatic heterocycles. The summed E-state index contributed by atoms with van der Waals surface area (Å²) in [5, 5.41) is 0. The molecule has 0 aromatic carbocycles. The zero-order chi connectivity index (χ0) is 12.1. The summed E-state index contributed by atoms with van der Waals surface area (Å²) in [7, 11) is 1.73. The molecule has 17 heavy (non-hydrogen) atoms. The van der Waals surface area contributed by atoms with Crippen LogP contribution in [0, 0.1) is 0 Å². The molecule has 2 bridgehead atoms. The molecule has 0 aromatic rings. The summed E-state index contributed by atoms with van der Waals surface area (Å²) >= 11 is 0. The first-order valence-corrected chi connectivity index (χ1v) is 6.89. The Morgan fingerprint density at radius 2 is 1.82 bits per heavy atom. The number of methoxy groups -OCH3 is 1. The van der Waals surface area contributed by atoms with Crippen LogP contribution in [-0.2, 0) is 9.47 Å². The van der Waals surface area contributed by atoms with E-state index in [1.807, 2.05) is 0 Å². The summed E-state index contributed by atoms with van der Waals surface area (Å²) < 4.78 is 10.6. The van der Waals surface area contributed by atoms with Crippen molar-refractivity contribution in [2.75, 3.05) is 33.5 Å². The molecule has 0 aliphatic carbocycles. The predicted molar refractivity (Wildman–Crippen MR) is 68.0 cm³/mol. The molecule has 2 saturated heterocycles. The first-order chi connectivity index (χ1) is 8.31. The molecule has 2 unspecified atom stereocenters. The molecule has 4 nitrogen and oxygen atoms in total. The zero-order valence-corrected chi connectivity index (χ0v) is 10.9.